The van der Waals surface area contributed by atoms with Crippen LogP contribution in [0.4, 0.5) is 0 Å². The maximum Gasteiger partial charge on any atom is 0.337 e. The molecule has 3 saturated heterocycles. The lowest BCUT2D eigenvalue weighted by Crippen LogP contribution is -2.45. The Morgan fingerprint density at radius 1 is 0.881 bits per heavy atom. The zero-order valence-electron chi connectivity index (χ0n) is 23.2. The monoisotopic (exact) mass is 630 g/mol. The smallest absolute Gasteiger partial charge is 0.337 e. The molecule has 0 spiro atoms. The number of terminal acetylenes is 1. The highest BCUT2D eigenvalue weighted by Crippen LogP contribution is 2.31. The normalized spacial score (nSPS) is 26.1. The van der Waals surface area contributed by atoms with Crippen molar-refractivity contribution in [2.45, 2.75) is 70.5 Å². The van der Waals surface area contributed by atoms with Crippen molar-refractivity contribution in [2.24, 2.45) is 5.41 Å². The minimum atomic E-state index is -1.66. The lowest BCUT2D eigenvalue weighted by atomic mass is 9.95. The average molecular weight is 631 g/mol. The van der Waals surface area contributed by atoms with E-state index in [0.717, 1.165) is 0 Å². The van der Waals surface area contributed by atoms with E-state index in [1.54, 1.807) is 6.92 Å². The summed E-state index contributed by atoms with van der Waals surface area (Å²) in [5.74, 6) is -2.20. The zero-order valence-corrected chi connectivity index (χ0v) is 24.9. The molecule has 42 heavy (non-hydrogen) atoms. The molecule has 16 heteroatoms. The number of nitrogens with zero attached hydrogens (tertiary/aromatic N) is 2. The largest absolute Gasteiger partial charge is 0.616 e. The number of carbonyl (C=O) groups is 6. The van der Waals surface area contributed by atoms with E-state index in [9.17, 15) is 37.9 Å². The SMILES string of the molecule is C#CCCC1OCC(C[S+]([O-])CCC(=O)ON2C(=O)CCC2=O)(C[S+]([O-])CCC(=O)ON2C(=O)CCC2=O)COC1C. The first-order valence-electron chi connectivity index (χ1n) is 13.4. The molecule has 3 aliphatic rings. The predicted octanol–water partition coefficient (Wildman–Crippen LogP) is -0.318. The van der Waals surface area contributed by atoms with Crippen molar-refractivity contribution < 1.29 is 57.0 Å². The molecule has 0 aliphatic carbocycles. The van der Waals surface area contributed by atoms with Crippen LogP contribution in [0.15, 0.2) is 0 Å². The summed E-state index contributed by atoms with van der Waals surface area (Å²) in [7, 11) is 0. The summed E-state index contributed by atoms with van der Waals surface area (Å²) in [6.45, 7) is 1.85. The molecule has 3 heterocycles. The third-order valence-electron chi connectivity index (χ3n) is 6.75. The Kier molecular flexibility index (Phi) is 12.6. The van der Waals surface area contributed by atoms with Gasteiger partial charge < -0.3 is 28.3 Å². The molecule has 0 radical (unpaired) electrons. The third kappa shape index (κ3) is 9.68. The molecule has 0 N–H and O–H groups in total. The number of hydrogen-bond acceptors (Lipinski definition) is 12. The lowest BCUT2D eigenvalue weighted by molar-refractivity contribution is -0.197. The van der Waals surface area contributed by atoms with Crippen LogP contribution in [0.3, 0.4) is 0 Å². The number of amides is 4. The van der Waals surface area contributed by atoms with Crippen molar-refractivity contribution in [2.75, 3.05) is 36.2 Å². The summed E-state index contributed by atoms with van der Waals surface area (Å²) >= 11 is -3.33. The van der Waals surface area contributed by atoms with E-state index in [4.69, 9.17) is 25.6 Å². The van der Waals surface area contributed by atoms with Gasteiger partial charge >= 0.3 is 11.9 Å². The molecular weight excluding hydrogens is 596 g/mol. The van der Waals surface area contributed by atoms with Crippen LogP contribution in [0.2, 0.25) is 0 Å². The van der Waals surface area contributed by atoms with Crippen LogP contribution < -0.4 is 0 Å². The summed E-state index contributed by atoms with van der Waals surface area (Å²) in [4.78, 5) is 80.7. The molecule has 0 saturated carbocycles. The molecule has 4 amide bonds. The van der Waals surface area contributed by atoms with Gasteiger partial charge in [-0.1, -0.05) is 22.4 Å². The Balaban J connectivity index is 1.59. The van der Waals surface area contributed by atoms with Crippen molar-refractivity contribution in [3.05, 3.63) is 0 Å². The van der Waals surface area contributed by atoms with Gasteiger partial charge in [-0.05, 0) is 13.3 Å². The van der Waals surface area contributed by atoms with Crippen molar-refractivity contribution in [3.63, 3.8) is 0 Å². The molecule has 4 atom stereocenters. The maximum absolute atomic E-state index is 13.1. The molecule has 0 bridgehead atoms. The van der Waals surface area contributed by atoms with Gasteiger partial charge in [-0.3, -0.25) is 19.2 Å². The molecule has 0 aromatic carbocycles. The van der Waals surface area contributed by atoms with Crippen molar-refractivity contribution in [1.29, 1.82) is 0 Å². The molecule has 3 rings (SSSR count). The van der Waals surface area contributed by atoms with E-state index in [0.29, 0.717) is 23.0 Å². The maximum atomic E-state index is 13.1. The fraction of sp³-hybridized carbons (Fsp3) is 0.692. The molecule has 3 aliphatic heterocycles. The Morgan fingerprint density at radius 3 is 1.74 bits per heavy atom. The van der Waals surface area contributed by atoms with Gasteiger partial charge in [-0.2, -0.15) is 0 Å². The quantitative estimate of drug-likeness (QED) is 0.138. The Morgan fingerprint density at radius 2 is 1.31 bits per heavy atom. The molecule has 232 valence electrons. The molecule has 0 aromatic rings. The number of carbonyl (C=O) groups excluding carboxylic acids is 6. The van der Waals surface area contributed by atoms with E-state index in [1.807, 2.05) is 0 Å². The van der Waals surface area contributed by atoms with Crippen LogP contribution in [0.25, 0.3) is 0 Å². The fourth-order valence-electron chi connectivity index (χ4n) is 4.46. The van der Waals surface area contributed by atoms with Gasteiger partial charge in [-0.15, -0.1) is 22.5 Å². The summed E-state index contributed by atoms with van der Waals surface area (Å²) in [5.41, 5.74) is -1.02. The first kappa shape index (κ1) is 33.8. The van der Waals surface area contributed by atoms with Crippen LogP contribution in [0.5, 0.6) is 0 Å². The van der Waals surface area contributed by atoms with E-state index in [-0.39, 0.29) is 87.0 Å². The molecule has 4 unspecified atom stereocenters. The van der Waals surface area contributed by atoms with Gasteiger partial charge in [0.15, 0.2) is 0 Å². The summed E-state index contributed by atoms with van der Waals surface area (Å²) in [6.07, 6.45) is 4.73. The third-order valence-corrected chi connectivity index (χ3v) is 9.94. The first-order chi connectivity index (χ1) is 19.9. The van der Waals surface area contributed by atoms with Gasteiger partial charge in [0.25, 0.3) is 23.6 Å². The molecule has 14 nitrogen and oxygen atoms in total. The second-order valence-electron chi connectivity index (χ2n) is 10.3. The van der Waals surface area contributed by atoms with E-state index in [2.05, 4.69) is 5.92 Å². The van der Waals surface area contributed by atoms with E-state index >= 15 is 0 Å². The van der Waals surface area contributed by atoms with Crippen LogP contribution in [0, 0.1) is 17.8 Å². The Bertz CT molecular complexity index is 1000. The standard InChI is InChI=1S/C26H34N2O12S2/c1-3-4-5-19-18(2)37-14-26(15-38-19,16-41(35)12-10-24(33)39-27-20(29)6-7-21(27)30)17-42(36)13-11-25(34)40-28-22(31)8-9-23(28)32/h1,18-19H,4-17H2,2H3. The number of imide groups is 2. The van der Waals surface area contributed by atoms with Crippen molar-refractivity contribution >= 4 is 57.9 Å². The van der Waals surface area contributed by atoms with Gasteiger partial charge in [-0.25, -0.2) is 9.59 Å². The second kappa shape index (κ2) is 15.7. The lowest BCUT2D eigenvalue weighted by Gasteiger charge is -2.32. The minimum Gasteiger partial charge on any atom is -0.616 e. The highest BCUT2D eigenvalue weighted by atomic mass is 32.2. The van der Waals surface area contributed by atoms with E-state index in [1.165, 1.54) is 0 Å². The zero-order chi connectivity index (χ0) is 30.9. The fourth-order valence-corrected chi connectivity index (χ4v) is 7.57. The van der Waals surface area contributed by atoms with E-state index < -0.39 is 63.3 Å². The molecule has 0 aromatic heterocycles. The van der Waals surface area contributed by atoms with Crippen molar-refractivity contribution in [1.82, 2.24) is 10.1 Å². The number of rotatable bonds is 14. The number of hydrogen-bond donors (Lipinski definition) is 0. The molecular formula is C26H34N2O12S2. The van der Waals surface area contributed by atoms with Crippen LogP contribution >= 0.6 is 0 Å². The highest BCUT2D eigenvalue weighted by molar-refractivity contribution is 7.92. The summed E-state index contributed by atoms with van der Waals surface area (Å²) in [6, 6.07) is 0. The number of hydroxylamine groups is 4. The van der Waals surface area contributed by atoms with Gasteiger partial charge in [0.05, 0.1) is 38.3 Å². The van der Waals surface area contributed by atoms with Gasteiger partial charge in [0, 0.05) is 32.1 Å². The highest BCUT2D eigenvalue weighted by Gasteiger charge is 2.45. The van der Waals surface area contributed by atoms with Gasteiger partial charge in [0.2, 0.25) is 0 Å². The Hall–Kier alpha value is -2.68. The van der Waals surface area contributed by atoms with Crippen LogP contribution in [0.1, 0.15) is 58.3 Å². The second-order valence-corrected chi connectivity index (χ2v) is 13.4. The first-order valence-corrected chi connectivity index (χ1v) is 16.4. The van der Waals surface area contributed by atoms with Crippen LogP contribution in [-0.2, 0) is 70.3 Å². The van der Waals surface area contributed by atoms with Crippen LogP contribution in [-0.4, -0.2) is 103 Å². The summed E-state index contributed by atoms with van der Waals surface area (Å²) in [5, 5.41) is 0.836. The average Bonchev–Trinajstić information content (AvgIpc) is 3.38. The van der Waals surface area contributed by atoms with Gasteiger partial charge in [0.1, 0.15) is 28.4 Å². The molecule has 3 fully saturated rings. The summed E-state index contributed by atoms with van der Waals surface area (Å²) < 4.78 is 38.3. The van der Waals surface area contributed by atoms with Crippen molar-refractivity contribution in [3.8, 4) is 12.3 Å². The Labute approximate surface area is 249 Å². The topological polar surface area (TPSA) is 192 Å². The minimum absolute atomic E-state index is 0.0204. The number of ether oxygens (including phenoxy) is 2. The predicted molar refractivity (Wildman–Crippen MR) is 145 cm³/mol.